The van der Waals surface area contributed by atoms with Crippen LogP contribution in [0, 0.1) is 0 Å². The minimum atomic E-state index is -4.89. The lowest BCUT2D eigenvalue weighted by atomic mass is 10.1. The van der Waals surface area contributed by atoms with Gasteiger partial charge in [-0.05, 0) is 6.04 Å². The molecule has 1 rings (SSSR count). The quantitative estimate of drug-likeness (QED) is 0.459. The molecule has 0 saturated carbocycles. The summed E-state index contributed by atoms with van der Waals surface area (Å²) in [4.78, 5) is 11.1. The fourth-order valence-corrected chi connectivity index (χ4v) is 4.01. The van der Waals surface area contributed by atoms with Gasteiger partial charge in [-0.3, -0.25) is 9.18 Å². The van der Waals surface area contributed by atoms with E-state index in [2.05, 4.69) is 0 Å². The van der Waals surface area contributed by atoms with Crippen molar-refractivity contribution in [3.8, 4) is 0 Å². The summed E-state index contributed by atoms with van der Waals surface area (Å²) < 4.78 is 55.0. The molecule has 1 aromatic rings. The van der Waals surface area contributed by atoms with Crippen molar-refractivity contribution in [1.29, 1.82) is 0 Å². The average molecular weight is 308 g/mol. The minimum absolute atomic E-state index is 0.399. The first-order chi connectivity index (χ1) is 9.24. The highest BCUT2D eigenvalue weighted by Gasteiger charge is 2.39. The summed E-state index contributed by atoms with van der Waals surface area (Å²) >= 11 is 0. The summed E-state index contributed by atoms with van der Waals surface area (Å²) in [6.07, 6.45) is -5.42. The topological polar surface area (TPSA) is 26.3 Å². The molecule has 1 atom stereocenters. The Bertz CT molecular complexity index is 458. The van der Waals surface area contributed by atoms with Crippen LogP contribution in [0.2, 0.25) is 12.6 Å². The molecule has 0 aliphatic heterocycles. The third-order valence-corrected chi connectivity index (χ3v) is 6.88. The standard InChI is InChI=1S/C13H16F4O2Si/c1-19-7-8-20(2,9-14)11-5-3-10(4-6-11)12(18)13(15,16)17/h3-6H,7-9H2,1-2H3. The Morgan fingerprint density at radius 1 is 1.25 bits per heavy atom. The molecule has 0 fully saturated rings. The number of benzene rings is 1. The molecule has 0 amide bonds. The van der Waals surface area contributed by atoms with Gasteiger partial charge in [0.05, 0.1) is 6.30 Å². The van der Waals surface area contributed by atoms with Gasteiger partial charge in [-0.1, -0.05) is 36.0 Å². The van der Waals surface area contributed by atoms with Crippen molar-refractivity contribution in [2.24, 2.45) is 0 Å². The second kappa shape index (κ2) is 6.49. The van der Waals surface area contributed by atoms with Crippen molar-refractivity contribution >= 4 is 19.0 Å². The van der Waals surface area contributed by atoms with Crippen molar-refractivity contribution in [3.05, 3.63) is 29.8 Å². The van der Waals surface area contributed by atoms with Gasteiger partial charge in [-0.2, -0.15) is 13.2 Å². The molecular weight excluding hydrogens is 292 g/mol. The number of methoxy groups -OCH3 is 1. The van der Waals surface area contributed by atoms with E-state index in [0.29, 0.717) is 17.8 Å². The highest BCUT2D eigenvalue weighted by atomic mass is 28.3. The number of Topliss-reactive ketones (excluding diaryl/α,β-unsaturated/α-hetero) is 1. The number of ketones is 1. The molecule has 0 spiro atoms. The zero-order chi connectivity index (χ0) is 15.4. The van der Waals surface area contributed by atoms with Crippen LogP contribution in [-0.4, -0.2) is 40.0 Å². The number of carbonyl (C=O) groups excluding carboxylic acids is 1. The molecule has 2 nitrogen and oxygen atoms in total. The molecule has 0 aliphatic rings. The number of alkyl halides is 4. The Balaban J connectivity index is 2.98. The van der Waals surface area contributed by atoms with Crippen molar-refractivity contribution in [1.82, 2.24) is 0 Å². The average Bonchev–Trinajstić information content (AvgIpc) is 2.43. The Kier molecular flexibility index (Phi) is 5.47. The molecule has 0 saturated heterocycles. The predicted octanol–water partition coefficient (Wildman–Crippen LogP) is 2.87. The zero-order valence-electron chi connectivity index (χ0n) is 11.3. The molecule has 1 aromatic carbocycles. The predicted molar refractivity (Wildman–Crippen MR) is 70.7 cm³/mol. The molecule has 0 radical (unpaired) electrons. The molecule has 0 aliphatic carbocycles. The van der Waals surface area contributed by atoms with E-state index in [0.717, 1.165) is 12.1 Å². The molecule has 0 bridgehead atoms. The van der Waals surface area contributed by atoms with E-state index in [-0.39, 0.29) is 0 Å². The van der Waals surface area contributed by atoms with Gasteiger partial charge in [0.1, 0.15) is 8.07 Å². The number of rotatable bonds is 6. The largest absolute Gasteiger partial charge is 0.454 e. The van der Waals surface area contributed by atoms with Crippen molar-refractivity contribution in [3.63, 3.8) is 0 Å². The maximum atomic E-state index is 13.3. The lowest BCUT2D eigenvalue weighted by Gasteiger charge is -2.24. The highest BCUT2D eigenvalue weighted by Crippen LogP contribution is 2.21. The molecule has 0 N–H and O–H groups in total. The lowest BCUT2D eigenvalue weighted by molar-refractivity contribution is -0.0885. The van der Waals surface area contributed by atoms with Crippen molar-refractivity contribution in [2.75, 3.05) is 20.0 Å². The van der Waals surface area contributed by atoms with Gasteiger partial charge in [0, 0.05) is 19.3 Å². The summed E-state index contributed by atoms with van der Waals surface area (Å²) in [7, 11) is -0.896. The Morgan fingerprint density at radius 3 is 2.20 bits per heavy atom. The van der Waals surface area contributed by atoms with Crippen LogP contribution in [0.5, 0.6) is 0 Å². The lowest BCUT2D eigenvalue weighted by Crippen LogP contribution is -2.48. The Morgan fingerprint density at radius 2 is 1.80 bits per heavy atom. The summed E-state index contributed by atoms with van der Waals surface area (Å²) in [5.41, 5.74) is -0.428. The number of ether oxygens (including phenoxy) is 1. The molecule has 0 heterocycles. The van der Waals surface area contributed by atoms with Crippen molar-refractivity contribution in [2.45, 2.75) is 18.8 Å². The van der Waals surface area contributed by atoms with E-state index in [4.69, 9.17) is 4.74 Å². The first-order valence-corrected chi connectivity index (χ1v) is 8.93. The molecule has 0 aromatic heterocycles. The SMILES string of the molecule is COCC[Si](C)(CF)c1ccc(C(=O)C(F)(F)F)cc1. The van der Waals surface area contributed by atoms with Crippen LogP contribution in [0.4, 0.5) is 17.6 Å². The van der Waals surface area contributed by atoms with Crippen LogP contribution in [0.3, 0.4) is 0 Å². The highest BCUT2D eigenvalue weighted by molar-refractivity contribution is 6.90. The molecule has 112 valence electrons. The number of hydrogen-bond donors (Lipinski definition) is 0. The minimum Gasteiger partial charge on any atom is -0.385 e. The smallest absolute Gasteiger partial charge is 0.385 e. The van der Waals surface area contributed by atoms with Gasteiger partial charge in [-0.25, -0.2) is 0 Å². The molecular formula is C13H16F4O2Si. The van der Waals surface area contributed by atoms with Crippen LogP contribution in [0.1, 0.15) is 10.4 Å². The summed E-state index contributed by atoms with van der Waals surface area (Å²) in [5, 5.41) is 0.677. The summed E-state index contributed by atoms with van der Waals surface area (Å²) in [6, 6.07) is 5.59. The van der Waals surface area contributed by atoms with Gasteiger partial charge >= 0.3 is 6.18 Å². The van der Waals surface area contributed by atoms with E-state index in [1.807, 2.05) is 0 Å². The van der Waals surface area contributed by atoms with Crippen LogP contribution in [0.25, 0.3) is 0 Å². The Hall–Kier alpha value is -1.21. The monoisotopic (exact) mass is 308 g/mol. The zero-order valence-corrected chi connectivity index (χ0v) is 12.3. The van der Waals surface area contributed by atoms with E-state index in [1.54, 1.807) is 6.55 Å². The maximum absolute atomic E-state index is 13.3. The van der Waals surface area contributed by atoms with Crippen LogP contribution in [-0.2, 0) is 4.74 Å². The van der Waals surface area contributed by atoms with E-state index in [9.17, 15) is 22.4 Å². The first-order valence-electron chi connectivity index (χ1n) is 6.01. The summed E-state index contributed by atoms with van der Waals surface area (Å²) in [6.45, 7) is 2.20. The van der Waals surface area contributed by atoms with Crippen molar-refractivity contribution < 1.29 is 27.1 Å². The molecule has 7 heteroatoms. The van der Waals surface area contributed by atoms with Gasteiger partial charge in [-0.15, -0.1) is 0 Å². The van der Waals surface area contributed by atoms with Crippen LogP contribution < -0.4 is 5.19 Å². The van der Waals surface area contributed by atoms with E-state index >= 15 is 0 Å². The number of carbonyl (C=O) groups is 1. The maximum Gasteiger partial charge on any atom is 0.454 e. The van der Waals surface area contributed by atoms with Gasteiger partial charge < -0.3 is 4.74 Å². The third kappa shape index (κ3) is 3.89. The van der Waals surface area contributed by atoms with Gasteiger partial charge in [0.15, 0.2) is 0 Å². The second-order valence-corrected chi connectivity index (χ2v) is 9.31. The van der Waals surface area contributed by atoms with Gasteiger partial charge in [0.25, 0.3) is 5.78 Å². The third-order valence-electron chi connectivity index (χ3n) is 3.25. The van der Waals surface area contributed by atoms with E-state index in [1.165, 1.54) is 19.2 Å². The second-order valence-electron chi connectivity index (χ2n) is 4.84. The van der Waals surface area contributed by atoms with Gasteiger partial charge in [0.2, 0.25) is 0 Å². The van der Waals surface area contributed by atoms with E-state index < -0.39 is 31.9 Å². The normalized spacial score (nSPS) is 14.9. The number of halogens is 4. The molecule has 1 unspecified atom stereocenters. The first kappa shape index (κ1) is 16.8. The number of hydrogen-bond acceptors (Lipinski definition) is 2. The van der Waals surface area contributed by atoms with Crippen LogP contribution >= 0.6 is 0 Å². The Labute approximate surface area is 115 Å². The fourth-order valence-electron chi connectivity index (χ4n) is 1.80. The fraction of sp³-hybridized carbons (Fsp3) is 0.462. The van der Waals surface area contributed by atoms with Crippen LogP contribution in [0.15, 0.2) is 24.3 Å². The molecule has 20 heavy (non-hydrogen) atoms. The summed E-state index contributed by atoms with van der Waals surface area (Å²) in [5.74, 6) is -1.88.